The number of sulfonamides is 1. The van der Waals surface area contributed by atoms with Crippen molar-refractivity contribution in [2.45, 2.75) is 16.7 Å². The summed E-state index contributed by atoms with van der Waals surface area (Å²) in [6.07, 6.45) is -0.115. The van der Waals surface area contributed by atoms with Gasteiger partial charge in [-0.05, 0) is 35.7 Å². The average Bonchev–Trinajstić information content (AvgIpc) is 3.54. The number of ether oxygens (including phenoxy) is 1. The topological polar surface area (TPSA) is 99.6 Å². The Morgan fingerprint density at radius 3 is 2.55 bits per heavy atom. The number of fused-ring (bicyclic) bond motifs is 1. The number of methoxy groups -OCH3 is 1. The van der Waals surface area contributed by atoms with Gasteiger partial charge in [-0.15, -0.1) is 11.3 Å². The molecule has 38 heavy (non-hydrogen) atoms. The highest BCUT2D eigenvalue weighted by molar-refractivity contribution is 7.91. The van der Waals surface area contributed by atoms with Gasteiger partial charge in [-0.25, -0.2) is 8.42 Å². The van der Waals surface area contributed by atoms with E-state index in [1.54, 1.807) is 41.3 Å². The number of esters is 1. The molecule has 3 heterocycles. The number of amidine groups is 1. The van der Waals surface area contributed by atoms with Crippen LogP contribution in [0.4, 0.5) is 0 Å². The van der Waals surface area contributed by atoms with Crippen LogP contribution in [0.2, 0.25) is 5.02 Å². The van der Waals surface area contributed by atoms with Crippen LogP contribution in [0.15, 0.2) is 57.7 Å². The number of hydrogen-bond acceptors (Lipinski definition) is 8. The van der Waals surface area contributed by atoms with Crippen molar-refractivity contribution in [2.24, 2.45) is 4.99 Å². The highest BCUT2D eigenvalue weighted by Gasteiger charge is 2.38. The Hall–Kier alpha value is -2.99. The normalized spacial score (nSPS) is 18.6. The third-order valence-electron chi connectivity index (χ3n) is 6.84. The van der Waals surface area contributed by atoms with Crippen molar-refractivity contribution in [2.75, 3.05) is 46.9 Å². The Morgan fingerprint density at radius 2 is 1.87 bits per heavy atom. The second kappa shape index (κ2) is 10.6. The van der Waals surface area contributed by atoms with Crippen molar-refractivity contribution in [1.29, 1.82) is 0 Å². The van der Waals surface area contributed by atoms with Crippen LogP contribution in [0.5, 0.6) is 0 Å². The predicted molar refractivity (Wildman–Crippen MR) is 148 cm³/mol. The Balaban J connectivity index is 1.37. The van der Waals surface area contributed by atoms with Crippen molar-refractivity contribution in [3.05, 3.63) is 64.7 Å². The van der Waals surface area contributed by atoms with Crippen LogP contribution < -0.4 is 0 Å². The number of nitrogens with zero attached hydrogens (tertiary/aromatic N) is 4. The summed E-state index contributed by atoms with van der Waals surface area (Å²) in [7, 11) is -0.596. The number of halogens is 1. The number of likely N-dealkylation sites (N-methyl/N-ethyl adjacent to an activating group) is 1. The zero-order valence-corrected chi connectivity index (χ0v) is 23.4. The van der Waals surface area contributed by atoms with E-state index >= 15 is 0 Å². The summed E-state index contributed by atoms with van der Waals surface area (Å²) in [5.41, 5.74) is 1.38. The molecule has 2 aliphatic rings. The lowest BCUT2D eigenvalue weighted by atomic mass is 10.1. The minimum absolute atomic E-state index is 0.0160. The van der Waals surface area contributed by atoms with Crippen LogP contribution in [-0.4, -0.2) is 93.2 Å². The van der Waals surface area contributed by atoms with E-state index in [0.29, 0.717) is 10.6 Å². The van der Waals surface area contributed by atoms with Gasteiger partial charge in [-0.2, -0.15) is 4.31 Å². The fourth-order valence-electron chi connectivity index (χ4n) is 4.77. The predicted octanol–water partition coefficient (Wildman–Crippen LogP) is 3.33. The van der Waals surface area contributed by atoms with E-state index in [1.165, 1.54) is 11.4 Å². The second-order valence-electron chi connectivity index (χ2n) is 9.25. The molecular formula is C26H27ClN4O5S2. The maximum Gasteiger partial charge on any atom is 0.307 e. The van der Waals surface area contributed by atoms with Crippen molar-refractivity contribution in [1.82, 2.24) is 14.1 Å². The summed E-state index contributed by atoms with van der Waals surface area (Å²) in [6.45, 7) is 1.84. The van der Waals surface area contributed by atoms with Crippen LogP contribution in [0.25, 0.3) is 10.1 Å². The maximum atomic E-state index is 13.5. The molecule has 1 atom stereocenters. The molecule has 1 unspecified atom stereocenters. The molecule has 0 aliphatic carbocycles. The number of amides is 1. The minimum atomic E-state index is -3.85. The number of hydrogen-bond donors (Lipinski definition) is 0. The molecule has 0 N–H and O–H groups in total. The number of piperazine rings is 1. The summed E-state index contributed by atoms with van der Waals surface area (Å²) in [5, 5.41) is 1.32. The summed E-state index contributed by atoms with van der Waals surface area (Å²) in [5.74, 6) is 0.108. The Morgan fingerprint density at radius 1 is 1.11 bits per heavy atom. The van der Waals surface area contributed by atoms with Gasteiger partial charge in [0.15, 0.2) is 0 Å². The van der Waals surface area contributed by atoms with Crippen LogP contribution in [0.1, 0.15) is 22.3 Å². The number of benzene rings is 2. The third-order valence-corrected chi connectivity index (χ3v) is 10.5. The van der Waals surface area contributed by atoms with E-state index in [1.807, 2.05) is 19.2 Å². The lowest BCUT2D eigenvalue weighted by molar-refractivity contribution is -0.142. The molecule has 3 aromatic rings. The first kappa shape index (κ1) is 26.6. The van der Waals surface area contributed by atoms with E-state index in [0.717, 1.165) is 45.9 Å². The SMILES string of the molecule is COC(=O)CC1CN(S(=O)(=O)c2cc3ccc(Cl)cc3s2)CCN1C(=O)c1ccc(C2=NCCN2C)cc1. The lowest BCUT2D eigenvalue weighted by Gasteiger charge is -2.40. The van der Waals surface area contributed by atoms with Gasteiger partial charge in [0.1, 0.15) is 10.0 Å². The number of carbonyl (C=O) groups excluding carboxylic acids is 2. The van der Waals surface area contributed by atoms with Crippen LogP contribution >= 0.6 is 22.9 Å². The quantitative estimate of drug-likeness (QED) is 0.419. The van der Waals surface area contributed by atoms with Gasteiger partial charge >= 0.3 is 5.97 Å². The Labute approximate surface area is 230 Å². The molecule has 9 nitrogen and oxygen atoms in total. The molecule has 1 aromatic heterocycles. The molecular weight excluding hydrogens is 548 g/mol. The molecule has 2 aliphatic heterocycles. The van der Waals surface area contributed by atoms with E-state index in [2.05, 4.69) is 9.89 Å². The zero-order chi connectivity index (χ0) is 27.0. The number of thiophene rings is 1. The van der Waals surface area contributed by atoms with E-state index < -0.39 is 22.0 Å². The number of carbonyl (C=O) groups is 2. The first-order chi connectivity index (χ1) is 18.2. The maximum absolute atomic E-state index is 13.5. The summed E-state index contributed by atoms with van der Waals surface area (Å²) in [4.78, 5) is 33.9. The molecule has 5 rings (SSSR count). The van der Waals surface area contributed by atoms with Crippen molar-refractivity contribution < 1.29 is 22.7 Å². The van der Waals surface area contributed by atoms with E-state index in [4.69, 9.17) is 16.3 Å². The van der Waals surface area contributed by atoms with Crippen molar-refractivity contribution in [3.8, 4) is 0 Å². The fraction of sp³-hybridized carbons (Fsp3) is 0.346. The average molecular weight is 575 g/mol. The molecule has 200 valence electrons. The summed E-state index contributed by atoms with van der Waals surface area (Å²) < 4.78 is 34.3. The van der Waals surface area contributed by atoms with Crippen LogP contribution in [-0.2, 0) is 19.6 Å². The molecule has 12 heteroatoms. The zero-order valence-electron chi connectivity index (χ0n) is 21.0. The second-order valence-corrected chi connectivity index (χ2v) is 12.9. The summed E-state index contributed by atoms with van der Waals surface area (Å²) in [6, 6.07) is 13.4. The molecule has 2 aromatic carbocycles. The van der Waals surface area contributed by atoms with Crippen LogP contribution in [0, 0.1) is 0 Å². The van der Waals surface area contributed by atoms with Crippen molar-refractivity contribution >= 4 is 60.8 Å². The molecule has 0 radical (unpaired) electrons. The first-order valence-electron chi connectivity index (χ1n) is 12.1. The van der Waals surface area contributed by atoms with E-state index in [9.17, 15) is 18.0 Å². The molecule has 1 saturated heterocycles. The monoisotopic (exact) mass is 574 g/mol. The number of aliphatic imine (C=N–C) groups is 1. The lowest BCUT2D eigenvalue weighted by Crippen LogP contribution is -2.57. The van der Waals surface area contributed by atoms with Gasteiger partial charge in [0.05, 0.1) is 26.1 Å². The molecule has 0 spiro atoms. The van der Waals surface area contributed by atoms with Gasteiger partial charge in [0, 0.05) is 54.1 Å². The highest BCUT2D eigenvalue weighted by atomic mass is 35.5. The van der Waals surface area contributed by atoms with Crippen molar-refractivity contribution in [3.63, 3.8) is 0 Å². The Kier molecular flexibility index (Phi) is 7.45. The van der Waals surface area contributed by atoms with Crippen LogP contribution in [0.3, 0.4) is 0 Å². The smallest absolute Gasteiger partial charge is 0.307 e. The largest absolute Gasteiger partial charge is 0.469 e. The highest BCUT2D eigenvalue weighted by Crippen LogP contribution is 2.34. The van der Waals surface area contributed by atoms with Gasteiger partial charge in [0.25, 0.3) is 15.9 Å². The summed E-state index contributed by atoms with van der Waals surface area (Å²) >= 11 is 7.22. The number of rotatable bonds is 6. The third kappa shape index (κ3) is 5.15. The minimum Gasteiger partial charge on any atom is -0.469 e. The van der Waals surface area contributed by atoms with Gasteiger partial charge in [0.2, 0.25) is 0 Å². The molecule has 1 amide bonds. The van der Waals surface area contributed by atoms with Gasteiger partial charge in [-0.3, -0.25) is 14.6 Å². The molecule has 0 saturated carbocycles. The van der Waals surface area contributed by atoms with Gasteiger partial charge in [-0.1, -0.05) is 29.8 Å². The molecule has 0 bridgehead atoms. The Bertz CT molecular complexity index is 1520. The standard InChI is InChI=1S/C26H27ClN4O5S2/c1-29-10-9-28-25(29)17-3-5-18(6-4-17)26(33)31-12-11-30(16-21(31)15-23(32)36-2)38(34,35)24-13-19-7-8-20(27)14-22(19)37-24/h3-8,13-14,21H,9-12,15-16H2,1-2H3. The van der Waals surface area contributed by atoms with E-state index in [-0.39, 0.29) is 36.2 Å². The van der Waals surface area contributed by atoms with Gasteiger partial charge < -0.3 is 14.5 Å². The molecule has 1 fully saturated rings. The first-order valence-corrected chi connectivity index (χ1v) is 14.7. The fourth-order valence-corrected chi connectivity index (χ4v) is 8.07.